The molecular formula is C14H19NO2. The van der Waals surface area contributed by atoms with E-state index in [9.17, 15) is 9.59 Å². The van der Waals surface area contributed by atoms with Crippen LogP contribution in [0.5, 0.6) is 0 Å². The minimum atomic E-state index is -0.167. The van der Waals surface area contributed by atoms with Gasteiger partial charge in [0.2, 0.25) is 0 Å². The molecule has 1 aliphatic rings. The standard InChI is InChI=1S/C12H13NO2.C2H6/c1-3-8-5-6-9-10(7-8)12(15)13(4-2)11(9)14;1-2/h5-7H,3-4H2,1-2H3;1-2H3. The van der Waals surface area contributed by atoms with Crippen molar-refractivity contribution in [1.29, 1.82) is 0 Å². The molecule has 2 amide bonds. The third kappa shape index (κ3) is 2.23. The van der Waals surface area contributed by atoms with E-state index < -0.39 is 0 Å². The van der Waals surface area contributed by atoms with Gasteiger partial charge in [-0.2, -0.15) is 0 Å². The van der Waals surface area contributed by atoms with E-state index in [1.54, 1.807) is 6.07 Å². The van der Waals surface area contributed by atoms with Crippen molar-refractivity contribution in [2.24, 2.45) is 0 Å². The van der Waals surface area contributed by atoms with Gasteiger partial charge in [0.25, 0.3) is 11.8 Å². The van der Waals surface area contributed by atoms with Crippen molar-refractivity contribution in [3.8, 4) is 0 Å². The van der Waals surface area contributed by atoms with Crippen LogP contribution in [-0.2, 0) is 6.42 Å². The SMILES string of the molecule is CC.CCc1ccc2c(c1)C(=O)N(CC)C2=O. The molecule has 3 nitrogen and oxygen atoms in total. The highest BCUT2D eigenvalue weighted by Crippen LogP contribution is 2.23. The summed E-state index contributed by atoms with van der Waals surface area (Å²) in [6.45, 7) is 8.27. The molecule has 1 aromatic rings. The van der Waals surface area contributed by atoms with Crippen LogP contribution in [0.1, 0.15) is 54.0 Å². The van der Waals surface area contributed by atoms with E-state index >= 15 is 0 Å². The van der Waals surface area contributed by atoms with Crippen molar-refractivity contribution in [2.45, 2.75) is 34.1 Å². The van der Waals surface area contributed by atoms with Gasteiger partial charge in [-0.1, -0.05) is 26.8 Å². The molecule has 2 rings (SSSR count). The van der Waals surface area contributed by atoms with Crippen molar-refractivity contribution >= 4 is 11.8 Å². The minimum Gasteiger partial charge on any atom is -0.275 e. The molecule has 0 radical (unpaired) electrons. The van der Waals surface area contributed by atoms with E-state index in [2.05, 4.69) is 0 Å². The Bertz CT molecular complexity index is 438. The van der Waals surface area contributed by atoms with Gasteiger partial charge < -0.3 is 0 Å². The van der Waals surface area contributed by atoms with Crippen LogP contribution in [-0.4, -0.2) is 23.3 Å². The Balaban J connectivity index is 0.000000686. The van der Waals surface area contributed by atoms with Crippen LogP contribution in [0, 0.1) is 0 Å². The number of imide groups is 1. The molecule has 0 spiro atoms. The number of aryl methyl sites for hydroxylation is 1. The first-order valence-electron chi connectivity index (χ1n) is 6.18. The van der Waals surface area contributed by atoms with Crippen LogP contribution in [0.3, 0.4) is 0 Å². The number of amides is 2. The lowest BCUT2D eigenvalue weighted by atomic mass is 10.0. The van der Waals surface area contributed by atoms with Crippen molar-refractivity contribution in [1.82, 2.24) is 4.90 Å². The third-order valence-corrected chi connectivity index (χ3v) is 2.76. The number of rotatable bonds is 2. The molecule has 0 bridgehead atoms. The number of hydrogen-bond donors (Lipinski definition) is 0. The first-order chi connectivity index (χ1) is 8.19. The van der Waals surface area contributed by atoms with Gasteiger partial charge in [-0.15, -0.1) is 0 Å². The minimum absolute atomic E-state index is 0.159. The van der Waals surface area contributed by atoms with E-state index in [0.717, 1.165) is 12.0 Å². The van der Waals surface area contributed by atoms with Crippen molar-refractivity contribution in [3.63, 3.8) is 0 Å². The first-order valence-corrected chi connectivity index (χ1v) is 6.18. The Labute approximate surface area is 102 Å². The molecule has 0 saturated heterocycles. The number of carbonyl (C=O) groups excluding carboxylic acids is 2. The largest absolute Gasteiger partial charge is 0.275 e. The van der Waals surface area contributed by atoms with Gasteiger partial charge in [0.15, 0.2) is 0 Å². The molecule has 17 heavy (non-hydrogen) atoms. The number of nitrogens with zero attached hydrogens (tertiary/aromatic N) is 1. The van der Waals surface area contributed by atoms with Gasteiger partial charge in [0.05, 0.1) is 11.1 Å². The number of carbonyl (C=O) groups is 2. The number of hydrogen-bond acceptors (Lipinski definition) is 2. The summed E-state index contributed by atoms with van der Waals surface area (Å²) in [4.78, 5) is 24.8. The number of fused-ring (bicyclic) bond motifs is 1. The lowest BCUT2D eigenvalue weighted by Crippen LogP contribution is -2.29. The van der Waals surface area contributed by atoms with Crippen LogP contribution >= 0.6 is 0 Å². The van der Waals surface area contributed by atoms with Crippen LogP contribution in [0.2, 0.25) is 0 Å². The second-order valence-electron chi connectivity index (χ2n) is 3.59. The summed E-state index contributed by atoms with van der Waals surface area (Å²) in [6, 6.07) is 5.48. The molecule has 1 aromatic carbocycles. The second kappa shape index (κ2) is 5.62. The molecule has 0 atom stereocenters. The molecule has 0 aliphatic carbocycles. The van der Waals surface area contributed by atoms with Crippen LogP contribution in [0.15, 0.2) is 18.2 Å². The smallest absolute Gasteiger partial charge is 0.261 e. The van der Waals surface area contributed by atoms with E-state index in [0.29, 0.717) is 17.7 Å². The molecule has 0 N–H and O–H groups in total. The molecule has 1 aliphatic heterocycles. The Hall–Kier alpha value is -1.64. The second-order valence-corrected chi connectivity index (χ2v) is 3.59. The van der Waals surface area contributed by atoms with Gasteiger partial charge in [-0.25, -0.2) is 0 Å². The Morgan fingerprint density at radius 1 is 1.00 bits per heavy atom. The highest BCUT2D eigenvalue weighted by Gasteiger charge is 2.34. The summed E-state index contributed by atoms with van der Waals surface area (Å²) in [5.41, 5.74) is 2.19. The Morgan fingerprint density at radius 3 is 2.12 bits per heavy atom. The van der Waals surface area contributed by atoms with Crippen LogP contribution < -0.4 is 0 Å². The highest BCUT2D eigenvalue weighted by atomic mass is 16.2. The molecule has 0 fully saturated rings. The number of benzene rings is 1. The van der Waals surface area contributed by atoms with Crippen LogP contribution in [0.25, 0.3) is 0 Å². The quantitative estimate of drug-likeness (QED) is 0.736. The molecule has 0 unspecified atom stereocenters. The lowest BCUT2D eigenvalue weighted by Gasteiger charge is -2.08. The molecule has 92 valence electrons. The topological polar surface area (TPSA) is 37.4 Å². The average molecular weight is 233 g/mol. The van der Waals surface area contributed by atoms with Gasteiger partial charge in [-0.3, -0.25) is 14.5 Å². The average Bonchev–Trinajstić information content (AvgIpc) is 2.63. The zero-order chi connectivity index (χ0) is 13.0. The van der Waals surface area contributed by atoms with Gasteiger partial charge >= 0.3 is 0 Å². The zero-order valence-corrected chi connectivity index (χ0v) is 10.9. The normalized spacial score (nSPS) is 13.3. The van der Waals surface area contributed by atoms with E-state index in [1.165, 1.54) is 4.90 Å². The van der Waals surface area contributed by atoms with Crippen molar-refractivity contribution in [2.75, 3.05) is 6.54 Å². The maximum Gasteiger partial charge on any atom is 0.261 e. The maximum atomic E-state index is 11.8. The monoisotopic (exact) mass is 233 g/mol. The first kappa shape index (κ1) is 13.4. The maximum absolute atomic E-state index is 11.8. The predicted molar refractivity (Wildman–Crippen MR) is 68.2 cm³/mol. The fraction of sp³-hybridized carbons (Fsp3) is 0.429. The Kier molecular flexibility index (Phi) is 4.44. The van der Waals surface area contributed by atoms with E-state index in [1.807, 2.05) is 39.8 Å². The molecule has 0 saturated carbocycles. The van der Waals surface area contributed by atoms with Gasteiger partial charge in [0, 0.05) is 6.54 Å². The molecule has 1 heterocycles. The third-order valence-electron chi connectivity index (χ3n) is 2.76. The Morgan fingerprint density at radius 2 is 1.59 bits per heavy atom. The summed E-state index contributed by atoms with van der Waals surface area (Å²) in [5.74, 6) is -0.326. The van der Waals surface area contributed by atoms with Crippen molar-refractivity contribution < 1.29 is 9.59 Å². The van der Waals surface area contributed by atoms with Gasteiger partial charge in [0.1, 0.15) is 0 Å². The molecule has 3 heteroatoms. The van der Waals surface area contributed by atoms with Crippen molar-refractivity contribution in [3.05, 3.63) is 34.9 Å². The summed E-state index contributed by atoms with van der Waals surface area (Å²) in [5, 5.41) is 0. The lowest BCUT2D eigenvalue weighted by molar-refractivity contribution is 0.0663. The summed E-state index contributed by atoms with van der Waals surface area (Å²) in [7, 11) is 0. The van der Waals surface area contributed by atoms with E-state index in [-0.39, 0.29) is 11.8 Å². The molecular weight excluding hydrogens is 214 g/mol. The molecule has 0 aromatic heterocycles. The summed E-state index contributed by atoms with van der Waals surface area (Å²) < 4.78 is 0. The zero-order valence-electron chi connectivity index (χ0n) is 10.9. The fourth-order valence-corrected chi connectivity index (χ4v) is 1.84. The fourth-order valence-electron chi connectivity index (χ4n) is 1.84. The van der Waals surface area contributed by atoms with Gasteiger partial charge in [-0.05, 0) is 31.0 Å². The summed E-state index contributed by atoms with van der Waals surface area (Å²) in [6.07, 6.45) is 0.876. The predicted octanol–water partition coefficient (Wildman–Crippen LogP) is 2.89. The van der Waals surface area contributed by atoms with E-state index in [4.69, 9.17) is 0 Å². The highest BCUT2D eigenvalue weighted by molar-refractivity contribution is 6.21. The summed E-state index contributed by atoms with van der Waals surface area (Å²) >= 11 is 0. The van der Waals surface area contributed by atoms with Crippen LogP contribution in [0.4, 0.5) is 0 Å².